The summed E-state index contributed by atoms with van der Waals surface area (Å²) >= 11 is 0. The third-order valence-electron chi connectivity index (χ3n) is 5.20. The Hall–Kier alpha value is -3.66. The molecule has 0 unspecified atom stereocenters. The fraction of sp³-hybridized carbons (Fsp3) is 0.154. The summed E-state index contributed by atoms with van der Waals surface area (Å²) in [5.41, 5.74) is 6.32. The van der Waals surface area contributed by atoms with E-state index < -0.39 is 5.97 Å². The molecular weight excluding hydrogens is 372 g/mol. The van der Waals surface area contributed by atoms with Gasteiger partial charge in [0.1, 0.15) is 0 Å². The molecule has 0 atom stereocenters. The minimum absolute atomic E-state index is 0.423. The standard InChI is InChI=1S/C26H24N2O2/c1-4-28-25-14-12-21(11-10-20-8-6-5-7-9-20)16-23(25)24-17-22(13-15-26(24)28)18(2)27-30-19(3)29/h5-17H,4H2,1-3H3/b11-10+,27-18+. The normalized spacial score (nSPS) is 12.2. The van der Waals surface area contributed by atoms with Gasteiger partial charge in [-0.15, -0.1) is 0 Å². The van der Waals surface area contributed by atoms with Gasteiger partial charge in [-0.2, -0.15) is 0 Å². The third kappa shape index (κ3) is 3.90. The summed E-state index contributed by atoms with van der Waals surface area (Å²) in [6.45, 7) is 6.24. The molecule has 0 bridgehead atoms. The molecule has 0 aliphatic carbocycles. The molecular formula is C26H24N2O2. The first-order valence-electron chi connectivity index (χ1n) is 10.1. The highest BCUT2D eigenvalue weighted by Gasteiger charge is 2.12. The largest absolute Gasteiger partial charge is 0.341 e. The van der Waals surface area contributed by atoms with Crippen molar-refractivity contribution in [3.63, 3.8) is 0 Å². The predicted molar refractivity (Wildman–Crippen MR) is 124 cm³/mol. The number of carbonyl (C=O) groups is 1. The van der Waals surface area contributed by atoms with Crippen LogP contribution in [0.5, 0.6) is 0 Å². The Morgan fingerprint density at radius 2 is 1.57 bits per heavy atom. The van der Waals surface area contributed by atoms with Gasteiger partial charge in [0.05, 0.1) is 5.71 Å². The second-order valence-corrected chi connectivity index (χ2v) is 7.26. The molecule has 3 aromatic carbocycles. The van der Waals surface area contributed by atoms with Gasteiger partial charge in [0, 0.05) is 35.3 Å². The molecule has 150 valence electrons. The van der Waals surface area contributed by atoms with Gasteiger partial charge in [-0.25, -0.2) is 4.79 Å². The molecule has 0 spiro atoms. The van der Waals surface area contributed by atoms with Crippen LogP contribution in [0.3, 0.4) is 0 Å². The van der Waals surface area contributed by atoms with Crippen LogP contribution in [0.1, 0.15) is 37.5 Å². The van der Waals surface area contributed by atoms with Gasteiger partial charge in [0.25, 0.3) is 0 Å². The van der Waals surface area contributed by atoms with Crippen LogP contribution in [-0.4, -0.2) is 16.2 Å². The fourth-order valence-electron chi connectivity index (χ4n) is 3.73. The van der Waals surface area contributed by atoms with Crippen LogP contribution in [0, 0.1) is 0 Å². The smallest absolute Gasteiger partial charge is 0.331 e. The molecule has 0 saturated heterocycles. The van der Waals surface area contributed by atoms with E-state index in [0.717, 1.165) is 23.1 Å². The van der Waals surface area contributed by atoms with E-state index in [0.29, 0.717) is 5.71 Å². The Labute approximate surface area is 176 Å². The molecule has 4 nitrogen and oxygen atoms in total. The van der Waals surface area contributed by atoms with Gasteiger partial charge in [0.15, 0.2) is 0 Å². The van der Waals surface area contributed by atoms with E-state index in [1.165, 1.54) is 28.9 Å². The minimum Gasteiger partial charge on any atom is -0.341 e. The van der Waals surface area contributed by atoms with Crippen LogP contribution >= 0.6 is 0 Å². The van der Waals surface area contributed by atoms with Gasteiger partial charge in [-0.3, -0.25) is 0 Å². The molecule has 0 amide bonds. The van der Waals surface area contributed by atoms with E-state index in [2.05, 4.69) is 71.3 Å². The van der Waals surface area contributed by atoms with E-state index in [-0.39, 0.29) is 0 Å². The Kier molecular flexibility index (Phi) is 5.48. The first-order valence-corrected chi connectivity index (χ1v) is 10.1. The van der Waals surface area contributed by atoms with Crippen molar-refractivity contribution in [1.29, 1.82) is 0 Å². The number of benzene rings is 3. The monoisotopic (exact) mass is 396 g/mol. The summed E-state index contributed by atoms with van der Waals surface area (Å²) in [5, 5.41) is 6.30. The van der Waals surface area contributed by atoms with Gasteiger partial charge in [0.2, 0.25) is 0 Å². The number of nitrogens with zero attached hydrogens (tertiary/aromatic N) is 2. The van der Waals surface area contributed by atoms with Crippen LogP contribution in [0.4, 0.5) is 0 Å². The number of oxime groups is 1. The van der Waals surface area contributed by atoms with Gasteiger partial charge in [-0.1, -0.05) is 59.8 Å². The number of rotatable bonds is 5. The highest BCUT2D eigenvalue weighted by atomic mass is 16.7. The second kappa shape index (κ2) is 8.37. The Morgan fingerprint density at radius 3 is 2.27 bits per heavy atom. The second-order valence-electron chi connectivity index (χ2n) is 7.26. The van der Waals surface area contributed by atoms with Crippen molar-refractivity contribution < 1.29 is 9.63 Å². The van der Waals surface area contributed by atoms with Crippen molar-refractivity contribution in [3.8, 4) is 0 Å². The zero-order chi connectivity index (χ0) is 21.1. The Bertz CT molecular complexity index is 1280. The zero-order valence-corrected chi connectivity index (χ0v) is 17.4. The maximum atomic E-state index is 11.1. The summed E-state index contributed by atoms with van der Waals surface area (Å²) in [6, 6.07) is 23.1. The number of carbonyl (C=O) groups excluding carboxylic acids is 1. The lowest BCUT2D eigenvalue weighted by Crippen LogP contribution is -1.99. The Balaban J connectivity index is 1.81. The summed E-state index contributed by atoms with van der Waals surface area (Å²) in [6.07, 6.45) is 4.27. The fourth-order valence-corrected chi connectivity index (χ4v) is 3.73. The van der Waals surface area contributed by atoms with E-state index in [1.807, 2.05) is 31.2 Å². The van der Waals surface area contributed by atoms with Crippen LogP contribution < -0.4 is 0 Å². The third-order valence-corrected chi connectivity index (χ3v) is 5.20. The molecule has 0 aliphatic rings. The van der Waals surface area contributed by atoms with Crippen LogP contribution in [0.15, 0.2) is 71.9 Å². The van der Waals surface area contributed by atoms with E-state index >= 15 is 0 Å². The van der Waals surface area contributed by atoms with Gasteiger partial charge in [-0.05, 0) is 54.8 Å². The van der Waals surface area contributed by atoms with Crippen LogP contribution in [-0.2, 0) is 16.2 Å². The van der Waals surface area contributed by atoms with Crippen molar-refractivity contribution in [3.05, 3.63) is 83.4 Å². The number of fused-ring (bicyclic) bond motifs is 3. The molecule has 30 heavy (non-hydrogen) atoms. The number of hydrogen-bond donors (Lipinski definition) is 0. The first kappa shape index (κ1) is 19.6. The summed E-state index contributed by atoms with van der Waals surface area (Å²) < 4.78 is 2.32. The molecule has 0 fully saturated rings. The predicted octanol–water partition coefficient (Wildman–Crippen LogP) is 6.27. The summed E-state index contributed by atoms with van der Waals surface area (Å²) in [4.78, 5) is 15.9. The van der Waals surface area contributed by atoms with Crippen molar-refractivity contribution >= 4 is 45.6 Å². The van der Waals surface area contributed by atoms with Gasteiger partial charge >= 0.3 is 5.97 Å². The maximum absolute atomic E-state index is 11.1. The molecule has 0 N–H and O–H groups in total. The molecule has 4 rings (SSSR count). The molecule has 1 aromatic heterocycles. The average molecular weight is 396 g/mol. The van der Waals surface area contributed by atoms with Crippen molar-refractivity contribution in [2.45, 2.75) is 27.3 Å². The van der Waals surface area contributed by atoms with Crippen molar-refractivity contribution in [2.75, 3.05) is 0 Å². The topological polar surface area (TPSA) is 43.6 Å². The van der Waals surface area contributed by atoms with E-state index in [9.17, 15) is 4.79 Å². The maximum Gasteiger partial charge on any atom is 0.331 e. The highest BCUT2D eigenvalue weighted by Crippen LogP contribution is 2.31. The lowest BCUT2D eigenvalue weighted by atomic mass is 10.0. The lowest BCUT2D eigenvalue weighted by molar-refractivity contribution is -0.140. The molecule has 0 saturated carbocycles. The van der Waals surface area contributed by atoms with E-state index in [4.69, 9.17) is 4.84 Å². The van der Waals surface area contributed by atoms with Crippen molar-refractivity contribution in [2.24, 2.45) is 5.16 Å². The zero-order valence-electron chi connectivity index (χ0n) is 17.4. The molecule has 4 aromatic rings. The quantitative estimate of drug-likeness (QED) is 0.173. The van der Waals surface area contributed by atoms with Crippen molar-refractivity contribution in [1.82, 2.24) is 4.57 Å². The first-order chi connectivity index (χ1) is 14.6. The molecule has 4 heteroatoms. The minimum atomic E-state index is -0.423. The SMILES string of the molecule is CCn1c2ccc(/C=C/c3ccccc3)cc2c2cc(/C(C)=N/OC(C)=O)ccc21. The number of aromatic nitrogens is 1. The van der Waals surface area contributed by atoms with Gasteiger partial charge < -0.3 is 9.40 Å². The molecule has 0 radical (unpaired) electrons. The number of hydrogen-bond acceptors (Lipinski definition) is 3. The Morgan fingerprint density at radius 1 is 0.900 bits per heavy atom. The van der Waals surface area contributed by atoms with Crippen LogP contribution in [0.2, 0.25) is 0 Å². The molecule has 1 heterocycles. The highest BCUT2D eigenvalue weighted by molar-refractivity contribution is 6.12. The lowest BCUT2D eigenvalue weighted by Gasteiger charge is -2.04. The van der Waals surface area contributed by atoms with Crippen LogP contribution in [0.25, 0.3) is 34.0 Å². The average Bonchev–Trinajstić information content (AvgIpc) is 3.09. The number of aryl methyl sites for hydroxylation is 1. The summed E-state index contributed by atoms with van der Waals surface area (Å²) in [5.74, 6) is -0.423. The molecule has 0 aliphatic heterocycles. The summed E-state index contributed by atoms with van der Waals surface area (Å²) in [7, 11) is 0. The van der Waals surface area contributed by atoms with E-state index in [1.54, 1.807) is 0 Å².